The van der Waals surface area contributed by atoms with E-state index in [1.54, 1.807) is 12.1 Å². The smallest absolute Gasteiger partial charge is 0.165 e. The lowest BCUT2D eigenvalue weighted by Gasteiger charge is -2.40. The fourth-order valence-corrected chi connectivity index (χ4v) is 4.19. The summed E-state index contributed by atoms with van der Waals surface area (Å²) < 4.78 is 45.2. The van der Waals surface area contributed by atoms with Gasteiger partial charge in [0, 0.05) is 5.92 Å². The summed E-state index contributed by atoms with van der Waals surface area (Å²) in [6, 6.07) is 5.29. The Morgan fingerprint density at radius 3 is 2.38 bits per heavy atom. The van der Waals surface area contributed by atoms with Crippen LogP contribution in [0.2, 0.25) is 0 Å². The highest BCUT2D eigenvalue weighted by Gasteiger charge is 2.40. The van der Waals surface area contributed by atoms with Crippen LogP contribution in [0.5, 0.6) is 5.75 Å². The van der Waals surface area contributed by atoms with Crippen LogP contribution in [-0.4, -0.2) is 31.8 Å². The van der Waals surface area contributed by atoms with Crippen molar-refractivity contribution < 1.29 is 23.0 Å². The summed E-state index contributed by atoms with van der Waals surface area (Å²) in [6.07, 6.45) is 4.82. The van der Waals surface area contributed by atoms with Crippen molar-refractivity contribution in [2.24, 2.45) is 5.92 Å². The van der Waals surface area contributed by atoms with Crippen molar-refractivity contribution >= 4 is 0 Å². The molecule has 0 N–H and O–H groups in total. The minimum atomic E-state index is -1.33. The van der Waals surface area contributed by atoms with Crippen LogP contribution in [0.15, 0.2) is 18.2 Å². The van der Waals surface area contributed by atoms with Gasteiger partial charge in [0.15, 0.2) is 23.5 Å². The Morgan fingerprint density at radius 1 is 1.12 bits per heavy atom. The lowest BCUT2D eigenvalue weighted by atomic mass is 9.78. The number of halogens is 2. The predicted octanol–water partition coefficient (Wildman–Crippen LogP) is 5.38. The fraction of sp³-hybridized carbons (Fsp3) is 0.714. The monoisotopic (exact) mass is 368 g/mol. The van der Waals surface area contributed by atoms with Crippen LogP contribution in [-0.2, 0) is 9.47 Å². The van der Waals surface area contributed by atoms with Crippen LogP contribution in [0.4, 0.5) is 8.78 Å². The minimum Gasteiger partial charge on any atom is -0.491 e. The van der Waals surface area contributed by atoms with Crippen LogP contribution in [0.1, 0.15) is 63.9 Å². The Kier molecular flexibility index (Phi) is 6.51. The molecule has 3 rings (SSSR count). The quantitative estimate of drug-likeness (QED) is 0.675. The van der Waals surface area contributed by atoms with Gasteiger partial charge in [-0.2, -0.15) is 0 Å². The van der Waals surface area contributed by atoms with Gasteiger partial charge in [-0.15, -0.1) is 0 Å². The maximum Gasteiger partial charge on any atom is 0.165 e. The highest BCUT2D eigenvalue weighted by atomic mass is 19.1. The molecule has 1 aliphatic heterocycles. The molecule has 1 aromatic rings. The van der Waals surface area contributed by atoms with Crippen molar-refractivity contribution in [3.05, 3.63) is 29.6 Å². The van der Waals surface area contributed by atoms with Crippen LogP contribution in [0.3, 0.4) is 0 Å². The molecule has 1 aliphatic carbocycles. The fourth-order valence-electron chi connectivity index (χ4n) is 4.19. The van der Waals surface area contributed by atoms with Gasteiger partial charge in [-0.05, 0) is 62.6 Å². The maximum atomic E-state index is 14.4. The van der Waals surface area contributed by atoms with Gasteiger partial charge in [0.1, 0.15) is 0 Å². The van der Waals surface area contributed by atoms with Crippen molar-refractivity contribution in [3.8, 4) is 5.75 Å². The van der Waals surface area contributed by atoms with E-state index in [0.29, 0.717) is 30.6 Å². The average Bonchev–Trinajstić information content (AvgIpc) is 2.64. The minimum absolute atomic E-state index is 0.134. The van der Waals surface area contributed by atoms with Gasteiger partial charge in [0.05, 0.1) is 19.8 Å². The highest BCUT2D eigenvalue weighted by molar-refractivity contribution is 5.31. The van der Waals surface area contributed by atoms with Gasteiger partial charge in [0.25, 0.3) is 0 Å². The molecule has 0 atom stereocenters. The molecule has 26 heavy (non-hydrogen) atoms. The van der Waals surface area contributed by atoms with Crippen LogP contribution >= 0.6 is 0 Å². The third kappa shape index (κ3) is 4.55. The topological polar surface area (TPSA) is 27.7 Å². The molecule has 0 unspecified atom stereocenters. The maximum absolute atomic E-state index is 14.4. The lowest BCUT2D eigenvalue weighted by Crippen LogP contribution is -2.46. The molecule has 0 aromatic heterocycles. The third-order valence-electron chi connectivity index (χ3n) is 5.59. The van der Waals surface area contributed by atoms with E-state index in [9.17, 15) is 8.78 Å². The summed E-state index contributed by atoms with van der Waals surface area (Å²) in [5.41, 5.74) is -0.303. The zero-order valence-electron chi connectivity index (χ0n) is 15.8. The first-order valence-electron chi connectivity index (χ1n) is 9.89. The Balaban J connectivity index is 1.51. The Labute approximate surface area is 155 Å². The molecule has 1 heterocycles. The number of alkyl halides is 1. The molecule has 1 saturated carbocycles. The van der Waals surface area contributed by atoms with Crippen molar-refractivity contribution in [2.75, 3.05) is 19.8 Å². The van der Waals surface area contributed by atoms with E-state index in [2.05, 4.69) is 0 Å². The predicted molar refractivity (Wildman–Crippen MR) is 96.7 cm³/mol. The summed E-state index contributed by atoms with van der Waals surface area (Å²) >= 11 is 0. The van der Waals surface area contributed by atoms with Gasteiger partial charge in [-0.3, -0.25) is 0 Å². The SMILES string of the molecule is CCCC1(F)COC(C2CCC(c3ccc(OCC)c(F)c3)CC2)OC1. The largest absolute Gasteiger partial charge is 0.491 e. The molecule has 2 fully saturated rings. The number of ether oxygens (including phenoxy) is 3. The molecule has 5 heteroatoms. The second-order valence-corrected chi connectivity index (χ2v) is 7.63. The van der Waals surface area contributed by atoms with Crippen molar-refractivity contribution in [2.45, 2.75) is 70.2 Å². The van der Waals surface area contributed by atoms with E-state index in [4.69, 9.17) is 14.2 Å². The first-order valence-corrected chi connectivity index (χ1v) is 9.89. The molecular weight excluding hydrogens is 338 g/mol. The Bertz CT molecular complexity index is 577. The van der Waals surface area contributed by atoms with Crippen molar-refractivity contribution in [1.29, 1.82) is 0 Å². The van der Waals surface area contributed by atoms with Gasteiger partial charge in [0.2, 0.25) is 0 Å². The van der Waals surface area contributed by atoms with Crippen LogP contribution in [0, 0.1) is 11.7 Å². The molecule has 3 nitrogen and oxygen atoms in total. The summed E-state index contributed by atoms with van der Waals surface area (Å²) in [5, 5.41) is 0. The van der Waals surface area contributed by atoms with Crippen molar-refractivity contribution in [3.63, 3.8) is 0 Å². The second kappa shape index (κ2) is 8.66. The molecule has 1 saturated heterocycles. The van der Waals surface area contributed by atoms with E-state index >= 15 is 0 Å². The van der Waals surface area contributed by atoms with E-state index in [1.165, 1.54) is 0 Å². The van der Waals surface area contributed by atoms with Crippen LogP contribution < -0.4 is 4.74 Å². The molecule has 0 radical (unpaired) electrons. The molecule has 1 aromatic carbocycles. The molecule has 0 spiro atoms. The standard InChI is InChI=1S/C21H30F2O3/c1-3-11-21(23)13-25-20(26-14-21)16-7-5-15(6-8-16)17-9-10-19(24-4-2)18(22)12-17/h9-10,12,15-16,20H,3-8,11,13-14H2,1-2H3. The summed E-state index contributed by atoms with van der Waals surface area (Å²) in [6.45, 7) is 4.55. The van der Waals surface area contributed by atoms with Crippen LogP contribution in [0.25, 0.3) is 0 Å². The Hall–Kier alpha value is -1.20. The first-order chi connectivity index (χ1) is 12.5. The Morgan fingerprint density at radius 2 is 1.81 bits per heavy atom. The lowest BCUT2D eigenvalue weighted by molar-refractivity contribution is -0.257. The van der Waals surface area contributed by atoms with Gasteiger partial charge < -0.3 is 14.2 Å². The zero-order valence-corrected chi connectivity index (χ0v) is 15.8. The number of hydrogen-bond donors (Lipinski definition) is 0. The molecule has 2 aliphatic rings. The van der Waals surface area contributed by atoms with E-state index in [-0.39, 0.29) is 25.3 Å². The zero-order chi connectivity index (χ0) is 18.6. The van der Waals surface area contributed by atoms with Gasteiger partial charge in [-0.1, -0.05) is 19.4 Å². The number of rotatable bonds is 6. The second-order valence-electron chi connectivity index (χ2n) is 7.63. The van der Waals surface area contributed by atoms with E-state index < -0.39 is 5.67 Å². The molecule has 0 bridgehead atoms. The highest BCUT2D eigenvalue weighted by Crippen LogP contribution is 2.40. The summed E-state index contributed by atoms with van der Waals surface area (Å²) in [4.78, 5) is 0. The third-order valence-corrected chi connectivity index (χ3v) is 5.59. The average molecular weight is 368 g/mol. The number of benzene rings is 1. The van der Waals surface area contributed by atoms with E-state index in [0.717, 1.165) is 37.7 Å². The van der Waals surface area contributed by atoms with Crippen molar-refractivity contribution in [1.82, 2.24) is 0 Å². The van der Waals surface area contributed by atoms with Gasteiger partial charge >= 0.3 is 0 Å². The van der Waals surface area contributed by atoms with Gasteiger partial charge in [-0.25, -0.2) is 8.78 Å². The molecule has 0 amide bonds. The molecule has 146 valence electrons. The first kappa shape index (κ1) is 19.6. The number of hydrogen-bond acceptors (Lipinski definition) is 3. The van der Waals surface area contributed by atoms with E-state index in [1.807, 2.05) is 19.9 Å². The summed E-state index contributed by atoms with van der Waals surface area (Å²) in [5.74, 6) is 0.668. The molecular formula is C21H30F2O3. The normalized spacial score (nSPS) is 32.4. The summed E-state index contributed by atoms with van der Waals surface area (Å²) in [7, 11) is 0.